The Bertz CT molecular complexity index is 965. The lowest BCUT2D eigenvalue weighted by Gasteiger charge is -2.42. The van der Waals surface area contributed by atoms with Crippen LogP contribution in [0.25, 0.3) is 0 Å². The fourth-order valence-corrected chi connectivity index (χ4v) is 3.92. The van der Waals surface area contributed by atoms with Crippen molar-refractivity contribution in [3.05, 3.63) is 75.9 Å². The van der Waals surface area contributed by atoms with Crippen LogP contribution < -0.4 is 5.32 Å². The van der Waals surface area contributed by atoms with Gasteiger partial charge in [0.05, 0.1) is 23.7 Å². The maximum absolute atomic E-state index is 13.4. The number of furan rings is 1. The number of ketones is 1. The molecule has 8 heteroatoms. The number of nitrogens with zero attached hydrogens (tertiary/aromatic N) is 1. The van der Waals surface area contributed by atoms with Gasteiger partial charge in [-0.1, -0.05) is 24.3 Å². The zero-order valence-corrected chi connectivity index (χ0v) is 16.4. The number of allylic oxidation sites excluding steroid dienone is 2. The van der Waals surface area contributed by atoms with E-state index >= 15 is 0 Å². The Balaban J connectivity index is 2.22. The van der Waals surface area contributed by atoms with Crippen molar-refractivity contribution >= 4 is 17.4 Å². The lowest BCUT2D eigenvalue weighted by atomic mass is 9.68. The van der Waals surface area contributed by atoms with Crippen LogP contribution in [0.3, 0.4) is 0 Å². The Kier molecular flexibility index (Phi) is 5.54. The Morgan fingerprint density at radius 2 is 2.00 bits per heavy atom. The molecule has 3 unspecified atom stereocenters. The van der Waals surface area contributed by atoms with Crippen LogP contribution in [0.15, 0.2) is 58.9 Å². The minimum absolute atomic E-state index is 0.0730. The predicted molar refractivity (Wildman–Crippen MR) is 104 cm³/mol. The second kappa shape index (κ2) is 7.90. The van der Waals surface area contributed by atoms with Crippen molar-refractivity contribution in [1.29, 1.82) is 0 Å². The first-order valence-electron chi connectivity index (χ1n) is 9.24. The van der Waals surface area contributed by atoms with Gasteiger partial charge in [0.15, 0.2) is 5.76 Å². The summed E-state index contributed by atoms with van der Waals surface area (Å²) >= 11 is 0. The molecule has 2 heterocycles. The van der Waals surface area contributed by atoms with Gasteiger partial charge in [0.2, 0.25) is 5.78 Å². The summed E-state index contributed by atoms with van der Waals surface area (Å²) in [7, 11) is 0. The molecule has 0 fully saturated rings. The van der Waals surface area contributed by atoms with E-state index in [0.717, 1.165) is 0 Å². The van der Waals surface area contributed by atoms with Crippen molar-refractivity contribution in [3.8, 4) is 0 Å². The van der Waals surface area contributed by atoms with Gasteiger partial charge in [-0.05, 0) is 32.9 Å². The van der Waals surface area contributed by atoms with Gasteiger partial charge >= 0.3 is 5.97 Å². The van der Waals surface area contributed by atoms with Gasteiger partial charge in [-0.15, -0.1) is 0 Å². The Hall–Kier alpha value is -3.42. The van der Waals surface area contributed by atoms with E-state index < -0.39 is 34.1 Å². The zero-order chi connectivity index (χ0) is 21.2. The van der Waals surface area contributed by atoms with Gasteiger partial charge < -0.3 is 14.5 Å². The van der Waals surface area contributed by atoms with Crippen LogP contribution in [0.4, 0.5) is 5.69 Å². The van der Waals surface area contributed by atoms with E-state index in [-0.39, 0.29) is 18.1 Å². The molecule has 0 saturated heterocycles. The van der Waals surface area contributed by atoms with E-state index in [1.54, 1.807) is 51.1 Å². The number of para-hydroxylation sites is 1. The van der Waals surface area contributed by atoms with Crippen molar-refractivity contribution in [3.63, 3.8) is 0 Å². The highest BCUT2D eigenvalue weighted by molar-refractivity contribution is 6.01. The number of esters is 1. The lowest BCUT2D eigenvalue weighted by Crippen LogP contribution is -2.61. The van der Waals surface area contributed by atoms with Crippen LogP contribution >= 0.6 is 0 Å². The monoisotopic (exact) mass is 398 g/mol. The fourth-order valence-electron chi connectivity index (χ4n) is 3.92. The summed E-state index contributed by atoms with van der Waals surface area (Å²) in [5, 5.41) is 14.7. The van der Waals surface area contributed by atoms with E-state index in [4.69, 9.17) is 9.15 Å². The molecule has 1 aromatic heterocycles. The molecule has 8 nitrogen and oxygen atoms in total. The second-order valence-corrected chi connectivity index (χ2v) is 7.06. The van der Waals surface area contributed by atoms with Gasteiger partial charge in [-0.2, -0.15) is 0 Å². The van der Waals surface area contributed by atoms with Crippen LogP contribution in [-0.2, 0) is 9.53 Å². The second-order valence-electron chi connectivity index (χ2n) is 7.06. The van der Waals surface area contributed by atoms with Crippen molar-refractivity contribution in [2.45, 2.75) is 32.2 Å². The lowest BCUT2D eigenvalue weighted by molar-refractivity contribution is -0.385. The quantitative estimate of drug-likeness (QED) is 0.342. The van der Waals surface area contributed by atoms with Crippen LogP contribution in [-0.4, -0.2) is 28.8 Å². The summed E-state index contributed by atoms with van der Waals surface area (Å²) in [6.07, 6.45) is 3.10. The van der Waals surface area contributed by atoms with E-state index in [2.05, 4.69) is 5.32 Å². The van der Waals surface area contributed by atoms with Gasteiger partial charge in [0.25, 0.3) is 5.69 Å². The number of rotatable bonds is 6. The predicted octanol–water partition coefficient (Wildman–Crippen LogP) is 3.60. The molecule has 1 aromatic carbocycles. The number of carbonyl (C=O) groups is 2. The minimum atomic E-state index is -1.44. The summed E-state index contributed by atoms with van der Waals surface area (Å²) in [4.78, 5) is 37.5. The smallest absolute Gasteiger partial charge is 0.332 e. The van der Waals surface area contributed by atoms with E-state index in [9.17, 15) is 19.7 Å². The SMILES string of the molecule is CCOC(=O)C1(C)NC(C)=CC(c2ccccc2[N+](=O)[O-])C1C(=O)c1ccco1. The maximum Gasteiger partial charge on any atom is 0.332 e. The molecule has 0 amide bonds. The molecule has 0 bridgehead atoms. The first kappa shape index (κ1) is 20.3. The maximum atomic E-state index is 13.4. The number of nitro benzene ring substituents is 1. The molecule has 3 atom stereocenters. The average Bonchev–Trinajstić information content (AvgIpc) is 3.22. The molecule has 0 spiro atoms. The van der Waals surface area contributed by atoms with Gasteiger partial charge in [0.1, 0.15) is 5.54 Å². The molecular weight excluding hydrogens is 376 g/mol. The van der Waals surface area contributed by atoms with Gasteiger partial charge in [0, 0.05) is 23.2 Å². The highest BCUT2D eigenvalue weighted by Gasteiger charge is 2.54. The highest BCUT2D eigenvalue weighted by Crippen LogP contribution is 2.43. The number of nitro groups is 1. The van der Waals surface area contributed by atoms with Crippen molar-refractivity contribution < 1.29 is 23.7 Å². The number of ether oxygens (including phenoxy) is 1. The van der Waals surface area contributed by atoms with Crippen LogP contribution in [0, 0.1) is 16.0 Å². The summed E-state index contributed by atoms with van der Waals surface area (Å²) in [6.45, 7) is 5.13. The number of hydrogen-bond donors (Lipinski definition) is 1. The third-order valence-electron chi connectivity index (χ3n) is 5.11. The highest BCUT2D eigenvalue weighted by atomic mass is 16.6. The molecule has 0 radical (unpaired) electrons. The van der Waals surface area contributed by atoms with Gasteiger partial charge in [-0.25, -0.2) is 4.79 Å². The molecular formula is C21H22N2O6. The molecule has 3 rings (SSSR count). The number of nitrogens with one attached hydrogen (secondary N) is 1. The molecule has 2 aromatic rings. The molecule has 1 aliphatic heterocycles. The molecule has 0 aliphatic carbocycles. The number of benzene rings is 1. The molecule has 1 aliphatic rings. The third kappa shape index (κ3) is 3.65. The molecule has 1 N–H and O–H groups in total. The van der Waals surface area contributed by atoms with E-state index in [1.807, 2.05) is 0 Å². The summed E-state index contributed by atoms with van der Waals surface area (Å²) in [5.74, 6) is -2.72. The van der Waals surface area contributed by atoms with Crippen molar-refractivity contribution in [2.75, 3.05) is 6.61 Å². The third-order valence-corrected chi connectivity index (χ3v) is 5.11. The summed E-state index contributed by atoms with van der Waals surface area (Å²) in [5.41, 5.74) is -0.592. The Labute approximate surface area is 167 Å². The van der Waals surface area contributed by atoms with Crippen LogP contribution in [0.5, 0.6) is 0 Å². The van der Waals surface area contributed by atoms with E-state index in [0.29, 0.717) is 11.3 Å². The largest absolute Gasteiger partial charge is 0.464 e. The van der Waals surface area contributed by atoms with Crippen molar-refractivity contribution in [2.24, 2.45) is 5.92 Å². The fraction of sp³-hybridized carbons (Fsp3) is 0.333. The normalized spacial score (nSPS) is 23.6. The van der Waals surface area contributed by atoms with Crippen molar-refractivity contribution in [1.82, 2.24) is 5.32 Å². The van der Waals surface area contributed by atoms with Crippen LogP contribution in [0.1, 0.15) is 42.8 Å². The number of hydrogen-bond acceptors (Lipinski definition) is 7. The minimum Gasteiger partial charge on any atom is -0.464 e. The first-order chi connectivity index (χ1) is 13.8. The van der Waals surface area contributed by atoms with Crippen LogP contribution in [0.2, 0.25) is 0 Å². The summed E-state index contributed by atoms with van der Waals surface area (Å²) in [6, 6.07) is 9.31. The van der Waals surface area contributed by atoms with Gasteiger partial charge in [-0.3, -0.25) is 14.9 Å². The number of Topliss-reactive ketones (excluding diaryl/α,β-unsaturated/α-hetero) is 1. The Morgan fingerprint density at radius 3 is 2.62 bits per heavy atom. The standard InChI is InChI=1S/C21H22N2O6/c1-4-28-20(25)21(3)18(19(24)17-10-7-11-29-17)15(12-13(2)22-21)14-8-5-6-9-16(14)23(26)27/h5-12,15,18,22H,4H2,1-3H3. The number of carbonyl (C=O) groups excluding carboxylic acids is 2. The Morgan fingerprint density at radius 1 is 1.28 bits per heavy atom. The van der Waals surface area contributed by atoms with E-state index in [1.165, 1.54) is 18.4 Å². The topological polar surface area (TPSA) is 112 Å². The zero-order valence-electron chi connectivity index (χ0n) is 16.4. The summed E-state index contributed by atoms with van der Waals surface area (Å²) < 4.78 is 10.5. The molecule has 0 saturated carbocycles. The first-order valence-corrected chi connectivity index (χ1v) is 9.24. The average molecular weight is 398 g/mol. The molecule has 29 heavy (non-hydrogen) atoms. The molecule has 152 valence electrons.